The zero-order valence-electron chi connectivity index (χ0n) is 9.67. The molecule has 0 N–H and O–H groups in total. The van der Waals surface area contributed by atoms with Crippen LogP contribution in [0.5, 0.6) is 0 Å². The van der Waals surface area contributed by atoms with Gasteiger partial charge < -0.3 is 4.90 Å². The molecule has 0 saturated carbocycles. The van der Waals surface area contributed by atoms with Gasteiger partial charge in [0.15, 0.2) is 6.29 Å². The molecular formula is C12H13F2NO2. The number of hydrogen-bond donors (Lipinski definition) is 0. The molecule has 5 heteroatoms. The minimum Gasteiger partial charge on any atom is -0.339 e. The monoisotopic (exact) mass is 241 g/mol. The van der Waals surface area contributed by atoms with Crippen LogP contribution in [0, 0.1) is 11.6 Å². The molecule has 0 saturated heterocycles. The van der Waals surface area contributed by atoms with Gasteiger partial charge in [-0.1, -0.05) is 0 Å². The molecule has 1 aromatic rings. The highest BCUT2D eigenvalue weighted by Crippen LogP contribution is 2.17. The van der Waals surface area contributed by atoms with E-state index in [0.29, 0.717) is 19.2 Å². The molecule has 0 atom stereocenters. The van der Waals surface area contributed by atoms with Crippen LogP contribution in [0.3, 0.4) is 0 Å². The fourth-order valence-electron chi connectivity index (χ4n) is 1.58. The molecule has 0 fully saturated rings. The van der Waals surface area contributed by atoms with Crippen molar-refractivity contribution in [3.63, 3.8) is 0 Å². The first kappa shape index (κ1) is 13.3. The summed E-state index contributed by atoms with van der Waals surface area (Å²) in [5.74, 6) is -2.49. The molecule has 0 aliphatic rings. The molecule has 1 rings (SSSR count). The molecule has 1 amide bonds. The lowest BCUT2D eigenvalue weighted by Gasteiger charge is -2.19. The van der Waals surface area contributed by atoms with E-state index in [9.17, 15) is 18.4 Å². The van der Waals surface area contributed by atoms with Crippen molar-refractivity contribution in [2.45, 2.75) is 13.8 Å². The van der Waals surface area contributed by atoms with E-state index in [4.69, 9.17) is 0 Å². The summed E-state index contributed by atoms with van der Waals surface area (Å²) >= 11 is 0. The maximum absolute atomic E-state index is 13.5. The second-order valence-corrected chi connectivity index (χ2v) is 3.45. The van der Waals surface area contributed by atoms with Crippen molar-refractivity contribution < 1.29 is 18.4 Å². The van der Waals surface area contributed by atoms with E-state index in [1.54, 1.807) is 13.8 Å². The van der Waals surface area contributed by atoms with Crippen molar-refractivity contribution in [2.24, 2.45) is 0 Å². The number of amides is 1. The Morgan fingerprint density at radius 3 is 2.35 bits per heavy atom. The first-order chi connectivity index (χ1) is 8.04. The first-order valence-electron chi connectivity index (χ1n) is 5.28. The number of rotatable bonds is 4. The quantitative estimate of drug-likeness (QED) is 0.758. The molecule has 0 bridgehead atoms. The number of halogens is 2. The summed E-state index contributed by atoms with van der Waals surface area (Å²) in [5.41, 5.74) is -0.635. The zero-order chi connectivity index (χ0) is 13.0. The molecule has 0 spiro atoms. The fraction of sp³-hybridized carbons (Fsp3) is 0.333. The smallest absolute Gasteiger partial charge is 0.257 e. The SMILES string of the molecule is CCN(CC)C(=O)c1c(F)cc(F)cc1C=O. The topological polar surface area (TPSA) is 37.4 Å². The van der Waals surface area contributed by atoms with Gasteiger partial charge in [-0.2, -0.15) is 0 Å². The van der Waals surface area contributed by atoms with Crippen molar-refractivity contribution in [1.82, 2.24) is 4.90 Å². The second-order valence-electron chi connectivity index (χ2n) is 3.45. The summed E-state index contributed by atoms with van der Waals surface area (Å²) in [7, 11) is 0. The molecule has 3 nitrogen and oxygen atoms in total. The maximum atomic E-state index is 13.5. The number of carbonyl (C=O) groups excluding carboxylic acids is 2. The van der Waals surface area contributed by atoms with Crippen LogP contribution in [0.4, 0.5) is 8.78 Å². The molecule has 92 valence electrons. The van der Waals surface area contributed by atoms with Crippen LogP contribution in [-0.4, -0.2) is 30.2 Å². The van der Waals surface area contributed by atoms with Crippen molar-refractivity contribution >= 4 is 12.2 Å². The lowest BCUT2D eigenvalue weighted by Crippen LogP contribution is -2.32. The third kappa shape index (κ3) is 2.67. The highest BCUT2D eigenvalue weighted by Gasteiger charge is 2.21. The summed E-state index contributed by atoms with van der Waals surface area (Å²) < 4.78 is 26.4. The fourth-order valence-corrected chi connectivity index (χ4v) is 1.58. The lowest BCUT2D eigenvalue weighted by molar-refractivity contribution is 0.0765. The van der Waals surface area contributed by atoms with E-state index in [1.165, 1.54) is 4.90 Å². The Kier molecular flexibility index (Phi) is 4.31. The predicted molar refractivity (Wildman–Crippen MR) is 59.0 cm³/mol. The maximum Gasteiger partial charge on any atom is 0.257 e. The minimum atomic E-state index is -1.01. The summed E-state index contributed by atoms with van der Waals surface area (Å²) in [5, 5.41) is 0. The van der Waals surface area contributed by atoms with Gasteiger partial charge in [0.2, 0.25) is 0 Å². The molecular weight excluding hydrogens is 228 g/mol. The van der Waals surface area contributed by atoms with Gasteiger partial charge in [-0.25, -0.2) is 8.78 Å². The van der Waals surface area contributed by atoms with Crippen LogP contribution in [0.2, 0.25) is 0 Å². The molecule has 0 aromatic heterocycles. The number of carbonyl (C=O) groups is 2. The van der Waals surface area contributed by atoms with E-state index in [2.05, 4.69) is 0 Å². The van der Waals surface area contributed by atoms with Crippen molar-refractivity contribution in [1.29, 1.82) is 0 Å². The van der Waals surface area contributed by atoms with Gasteiger partial charge in [0.05, 0.1) is 5.56 Å². The van der Waals surface area contributed by atoms with Gasteiger partial charge in [-0.3, -0.25) is 9.59 Å². The van der Waals surface area contributed by atoms with Gasteiger partial charge in [0.1, 0.15) is 11.6 Å². The molecule has 17 heavy (non-hydrogen) atoms. The Bertz CT molecular complexity index is 442. The number of benzene rings is 1. The second kappa shape index (κ2) is 5.52. The van der Waals surface area contributed by atoms with E-state index in [1.807, 2.05) is 0 Å². The molecule has 0 radical (unpaired) electrons. The summed E-state index contributed by atoms with van der Waals surface area (Å²) in [6.45, 7) is 4.27. The van der Waals surface area contributed by atoms with Crippen LogP contribution in [-0.2, 0) is 0 Å². The van der Waals surface area contributed by atoms with Crippen LogP contribution in [0.15, 0.2) is 12.1 Å². The normalized spacial score (nSPS) is 10.1. The molecule has 0 aliphatic heterocycles. The Morgan fingerprint density at radius 2 is 1.88 bits per heavy atom. The molecule has 0 heterocycles. The lowest BCUT2D eigenvalue weighted by atomic mass is 10.1. The van der Waals surface area contributed by atoms with Gasteiger partial charge >= 0.3 is 0 Å². The Labute approximate surface area is 98.0 Å². The standard InChI is InChI=1S/C12H13F2NO2/c1-3-15(4-2)12(17)11-8(7-16)5-9(13)6-10(11)14/h5-7H,3-4H2,1-2H3. The Balaban J connectivity index is 3.29. The average Bonchev–Trinajstić information content (AvgIpc) is 2.29. The van der Waals surface area contributed by atoms with Crippen LogP contribution in [0.1, 0.15) is 34.6 Å². The van der Waals surface area contributed by atoms with Crippen LogP contribution < -0.4 is 0 Å². The largest absolute Gasteiger partial charge is 0.339 e. The van der Waals surface area contributed by atoms with Gasteiger partial charge in [0.25, 0.3) is 5.91 Å². The van der Waals surface area contributed by atoms with Crippen molar-refractivity contribution in [3.8, 4) is 0 Å². The minimum absolute atomic E-state index is 0.264. The van der Waals surface area contributed by atoms with E-state index >= 15 is 0 Å². The van der Waals surface area contributed by atoms with E-state index in [-0.39, 0.29) is 17.4 Å². The van der Waals surface area contributed by atoms with E-state index in [0.717, 1.165) is 6.07 Å². The zero-order valence-corrected chi connectivity index (χ0v) is 9.67. The summed E-state index contributed by atoms with van der Waals surface area (Å²) in [6.07, 6.45) is 0.281. The molecule has 0 aliphatic carbocycles. The third-order valence-electron chi connectivity index (χ3n) is 2.48. The van der Waals surface area contributed by atoms with E-state index < -0.39 is 17.5 Å². The average molecular weight is 241 g/mol. The van der Waals surface area contributed by atoms with Crippen molar-refractivity contribution in [3.05, 3.63) is 34.9 Å². The molecule has 1 aromatic carbocycles. The van der Waals surface area contributed by atoms with Crippen LogP contribution in [0.25, 0.3) is 0 Å². The van der Waals surface area contributed by atoms with Crippen molar-refractivity contribution in [2.75, 3.05) is 13.1 Å². The van der Waals surface area contributed by atoms with Crippen LogP contribution >= 0.6 is 0 Å². The number of hydrogen-bond acceptors (Lipinski definition) is 2. The highest BCUT2D eigenvalue weighted by molar-refractivity contribution is 6.01. The molecule has 0 unspecified atom stereocenters. The summed E-state index contributed by atoms with van der Waals surface area (Å²) in [4.78, 5) is 24.0. The highest BCUT2D eigenvalue weighted by atomic mass is 19.1. The van der Waals surface area contributed by atoms with Gasteiger partial charge in [-0.15, -0.1) is 0 Å². The number of nitrogens with zero attached hydrogens (tertiary/aromatic N) is 1. The van der Waals surface area contributed by atoms with Gasteiger partial charge in [-0.05, 0) is 19.9 Å². The van der Waals surface area contributed by atoms with Gasteiger partial charge in [0, 0.05) is 24.7 Å². The first-order valence-corrected chi connectivity index (χ1v) is 5.28. The third-order valence-corrected chi connectivity index (χ3v) is 2.48. The summed E-state index contributed by atoms with van der Waals surface area (Å²) in [6, 6.07) is 1.45. The predicted octanol–water partition coefficient (Wildman–Crippen LogP) is 2.26. The Hall–Kier alpha value is -1.78. The Morgan fingerprint density at radius 1 is 1.29 bits per heavy atom. The number of aldehydes is 1.